The molecule has 2 rings (SSSR count). The van der Waals surface area contributed by atoms with Crippen LogP contribution in [0.5, 0.6) is 0 Å². The van der Waals surface area contributed by atoms with E-state index in [0.29, 0.717) is 5.41 Å². The van der Waals surface area contributed by atoms with Crippen LogP contribution in [0, 0.1) is 11.3 Å². The van der Waals surface area contributed by atoms with Crippen LogP contribution < -0.4 is 5.32 Å². The number of hydrogen-bond donors (Lipinski definition) is 1. The maximum Gasteiger partial charge on any atom is 0.0508 e. The van der Waals surface area contributed by atoms with Gasteiger partial charge in [-0.3, -0.25) is 0 Å². The van der Waals surface area contributed by atoms with Crippen molar-refractivity contribution in [1.29, 1.82) is 0 Å². The molecule has 76 valence electrons. The Morgan fingerprint density at radius 1 is 1.31 bits per heavy atom. The van der Waals surface area contributed by atoms with Gasteiger partial charge >= 0.3 is 0 Å². The monoisotopic (exact) mass is 183 g/mol. The molecular weight excluding hydrogens is 162 g/mol. The zero-order valence-electron chi connectivity index (χ0n) is 8.64. The lowest BCUT2D eigenvalue weighted by molar-refractivity contribution is 0.0671. The van der Waals surface area contributed by atoms with Gasteiger partial charge in [0.2, 0.25) is 0 Å². The van der Waals surface area contributed by atoms with Crippen LogP contribution in [0.3, 0.4) is 0 Å². The molecule has 0 bridgehead atoms. The summed E-state index contributed by atoms with van der Waals surface area (Å²) in [5.74, 6) is 0.776. The predicted octanol–water partition coefficient (Wildman–Crippen LogP) is 1.80. The van der Waals surface area contributed by atoms with E-state index in [2.05, 4.69) is 5.32 Å². The summed E-state index contributed by atoms with van der Waals surface area (Å²) < 4.78 is 5.31. The van der Waals surface area contributed by atoms with Gasteiger partial charge in [-0.15, -0.1) is 0 Å². The van der Waals surface area contributed by atoms with Crippen molar-refractivity contribution in [3.63, 3.8) is 0 Å². The van der Waals surface area contributed by atoms with E-state index in [0.717, 1.165) is 12.5 Å². The fraction of sp³-hybridized carbons (Fsp3) is 1.00. The summed E-state index contributed by atoms with van der Waals surface area (Å²) in [5, 5.41) is 3.54. The van der Waals surface area contributed by atoms with Gasteiger partial charge in [0.15, 0.2) is 0 Å². The summed E-state index contributed by atoms with van der Waals surface area (Å²) in [6.45, 7) is 3.36. The van der Waals surface area contributed by atoms with Crippen molar-refractivity contribution < 1.29 is 4.74 Å². The molecule has 1 spiro atoms. The predicted molar refractivity (Wildman–Crippen MR) is 53.8 cm³/mol. The molecular formula is C11H21NO. The minimum Gasteiger partial charge on any atom is -0.384 e. The van der Waals surface area contributed by atoms with Crippen LogP contribution in [0.2, 0.25) is 0 Å². The Bertz CT molecular complexity index is 163. The van der Waals surface area contributed by atoms with Gasteiger partial charge in [0, 0.05) is 26.1 Å². The first-order chi connectivity index (χ1) is 6.37. The van der Waals surface area contributed by atoms with E-state index < -0.39 is 0 Å². The summed E-state index contributed by atoms with van der Waals surface area (Å²) in [6, 6.07) is 0. The largest absolute Gasteiger partial charge is 0.384 e. The van der Waals surface area contributed by atoms with Gasteiger partial charge in [-0.1, -0.05) is 19.3 Å². The molecule has 1 heterocycles. The van der Waals surface area contributed by atoms with Crippen LogP contribution in [-0.4, -0.2) is 26.8 Å². The van der Waals surface area contributed by atoms with Crippen molar-refractivity contribution in [1.82, 2.24) is 5.32 Å². The summed E-state index contributed by atoms with van der Waals surface area (Å²) in [7, 11) is 1.83. The summed E-state index contributed by atoms with van der Waals surface area (Å²) in [6.07, 6.45) is 7.16. The molecule has 0 aromatic rings. The van der Waals surface area contributed by atoms with E-state index in [1.807, 2.05) is 7.11 Å². The van der Waals surface area contributed by atoms with E-state index in [9.17, 15) is 0 Å². The molecule has 0 amide bonds. The van der Waals surface area contributed by atoms with Gasteiger partial charge in [-0.05, 0) is 18.3 Å². The van der Waals surface area contributed by atoms with Crippen molar-refractivity contribution in [2.75, 3.05) is 26.8 Å². The third-order valence-corrected chi connectivity index (χ3v) is 3.95. The van der Waals surface area contributed by atoms with Crippen LogP contribution in [-0.2, 0) is 4.74 Å². The van der Waals surface area contributed by atoms with Gasteiger partial charge in [0.1, 0.15) is 0 Å². The molecule has 0 aromatic carbocycles. The molecule has 1 aliphatic heterocycles. The SMILES string of the molecule is COCC1CNCC12CCCCC2. The highest BCUT2D eigenvalue weighted by molar-refractivity contribution is 4.96. The number of ether oxygens (including phenoxy) is 1. The molecule has 13 heavy (non-hydrogen) atoms. The molecule has 1 saturated heterocycles. The minimum absolute atomic E-state index is 0.605. The molecule has 0 radical (unpaired) electrons. The third-order valence-electron chi connectivity index (χ3n) is 3.95. The molecule has 2 aliphatic rings. The summed E-state index contributed by atoms with van der Waals surface area (Å²) >= 11 is 0. The van der Waals surface area contributed by atoms with Gasteiger partial charge in [-0.2, -0.15) is 0 Å². The van der Waals surface area contributed by atoms with Crippen LogP contribution in [0.4, 0.5) is 0 Å². The normalized spacial score (nSPS) is 32.5. The van der Waals surface area contributed by atoms with E-state index in [1.54, 1.807) is 0 Å². The zero-order chi connectivity index (χ0) is 9.15. The van der Waals surface area contributed by atoms with Crippen molar-refractivity contribution in [2.24, 2.45) is 11.3 Å². The van der Waals surface area contributed by atoms with Gasteiger partial charge in [0.05, 0.1) is 6.61 Å². The highest BCUT2D eigenvalue weighted by Gasteiger charge is 2.42. The van der Waals surface area contributed by atoms with Crippen LogP contribution in [0.1, 0.15) is 32.1 Å². The number of rotatable bonds is 2. The second-order valence-corrected chi connectivity index (χ2v) is 4.71. The lowest BCUT2D eigenvalue weighted by Crippen LogP contribution is -2.34. The molecule has 1 N–H and O–H groups in total. The first kappa shape index (κ1) is 9.47. The first-order valence-electron chi connectivity index (χ1n) is 5.57. The standard InChI is InChI=1S/C11H21NO/c1-13-8-10-7-12-9-11(10)5-3-2-4-6-11/h10,12H,2-9H2,1H3. The molecule has 1 saturated carbocycles. The van der Waals surface area contributed by atoms with Crippen LogP contribution in [0.15, 0.2) is 0 Å². The Morgan fingerprint density at radius 2 is 2.08 bits per heavy atom. The van der Waals surface area contributed by atoms with Gasteiger partial charge in [0.25, 0.3) is 0 Å². The lowest BCUT2D eigenvalue weighted by Gasteiger charge is -2.37. The van der Waals surface area contributed by atoms with Crippen molar-refractivity contribution in [3.8, 4) is 0 Å². The van der Waals surface area contributed by atoms with Gasteiger partial charge < -0.3 is 10.1 Å². The summed E-state index contributed by atoms with van der Waals surface area (Å²) in [5.41, 5.74) is 0.605. The molecule has 1 aliphatic carbocycles. The second-order valence-electron chi connectivity index (χ2n) is 4.71. The minimum atomic E-state index is 0.605. The van der Waals surface area contributed by atoms with Crippen molar-refractivity contribution in [2.45, 2.75) is 32.1 Å². The highest BCUT2D eigenvalue weighted by atomic mass is 16.5. The fourth-order valence-electron chi connectivity index (χ4n) is 3.13. The van der Waals surface area contributed by atoms with E-state index in [-0.39, 0.29) is 0 Å². The van der Waals surface area contributed by atoms with Crippen molar-refractivity contribution in [3.05, 3.63) is 0 Å². The molecule has 0 aromatic heterocycles. The molecule has 1 unspecified atom stereocenters. The smallest absolute Gasteiger partial charge is 0.0508 e. The zero-order valence-corrected chi connectivity index (χ0v) is 8.64. The Morgan fingerprint density at radius 3 is 2.77 bits per heavy atom. The number of nitrogens with one attached hydrogen (secondary N) is 1. The average Bonchev–Trinajstić information content (AvgIpc) is 2.52. The van der Waals surface area contributed by atoms with Crippen LogP contribution in [0.25, 0.3) is 0 Å². The maximum atomic E-state index is 5.31. The molecule has 2 heteroatoms. The Kier molecular flexibility index (Phi) is 2.89. The molecule has 2 fully saturated rings. The average molecular weight is 183 g/mol. The summed E-state index contributed by atoms with van der Waals surface area (Å²) in [4.78, 5) is 0. The topological polar surface area (TPSA) is 21.3 Å². The maximum absolute atomic E-state index is 5.31. The lowest BCUT2D eigenvalue weighted by atomic mass is 9.68. The van der Waals surface area contributed by atoms with E-state index in [4.69, 9.17) is 4.74 Å². The highest BCUT2D eigenvalue weighted by Crippen LogP contribution is 2.44. The van der Waals surface area contributed by atoms with E-state index in [1.165, 1.54) is 45.2 Å². The fourth-order valence-corrected chi connectivity index (χ4v) is 3.13. The molecule has 2 nitrogen and oxygen atoms in total. The molecule has 1 atom stereocenters. The van der Waals surface area contributed by atoms with Crippen LogP contribution >= 0.6 is 0 Å². The van der Waals surface area contributed by atoms with E-state index >= 15 is 0 Å². The number of hydrogen-bond acceptors (Lipinski definition) is 2. The first-order valence-corrected chi connectivity index (χ1v) is 5.57. The third kappa shape index (κ3) is 1.75. The second kappa shape index (κ2) is 3.97. The Labute approximate surface area is 81.0 Å². The number of methoxy groups -OCH3 is 1. The van der Waals surface area contributed by atoms with Gasteiger partial charge in [-0.25, -0.2) is 0 Å². The van der Waals surface area contributed by atoms with Crippen molar-refractivity contribution >= 4 is 0 Å². The Balaban J connectivity index is 2.00. The Hall–Kier alpha value is -0.0800. The quantitative estimate of drug-likeness (QED) is 0.705.